The molecule has 1 aliphatic carbocycles. The Balaban J connectivity index is 1.71. The maximum Gasteiger partial charge on any atom is 0.238 e. The molecule has 0 aromatic heterocycles. The third kappa shape index (κ3) is 4.19. The van der Waals surface area contributed by atoms with Crippen LogP contribution in [0.3, 0.4) is 0 Å². The molecule has 2 heterocycles. The van der Waals surface area contributed by atoms with Crippen LogP contribution in [0.5, 0.6) is 0 Å². The highest BCUT2D eigenvalue weighted by Crippen LogP contribution is 2.57. The molecule has 0 bridgehead atoms. The molecule has 38 heavy (non-hydrogen) atoms. The quantitative estimate of drug-likeness (QED) is 0.451. The molecular formula is C28H31ClF3N3O3. The van der Waals surface area contributed by atoms with Crippen LogP contribution in [0.1, 0.15) is 64.0 Å². The van der Waals surface area contributed by atoms with Crippen LogP contribution < -0.4 is 16.0 Å². The third-order valence-electron chi connectivity index (χ3n) is 8.04. The fraction of sp³-hybridized carbons (Fsp3) is 0.500. The highest BCUT2D eigenvalue weighted by molar-refractivity contribution is 6.31. The van der Waals surface area contributed by atoms with E-state index in [-0.39, 0.29) is 33.3 Å². The van der Waals surface area contributed by atoms with E-state index in [0.29, 0.717) is 19.3 Å². The summed E-state index contributed by atoms with van der Waals surface area (Å²) in [4.78, 5) is 27.7. The highest BCUT2D eigenvalue weighted by atomic mass is 35.5. The van der Waals surface area contributed by atoms with Crippen LogP contribution in [0.15, 0.2) is 30.3 Å². The summed E-state index contributed by atoms with van der Waals surface area (Å²) in [5.74, 6) is -5.46. The number of amides is 2. The number of benzene rings is 2. The molecule has 6 nitrogen and oxygen atoms in total. The van der Waals surface area contributed by atoms with Crippen molar-refractivity contribution in [2.45, 2.75) is 82.0 Å². The summed E-state index contributed by atoms with van der Waals surface area (Å²) in [5.41, 5.74) is -2.94. The number of fused-ring (bicyclic) bond motifs is 2. The van der Waals surface area contributed by atoms with Crippen molar-refractivity contribution in [2.75, 3.05) is 5.32 Å². The summed E-state index contributed by atoms with van der Waals surface area (Å²) >= 11 is 6.02. The lowest BCUT2D eigenvalue weighted by atomic mass is 9.62. The topological polar surface area (TPSA) is 90.5 Å². The molecule has 4 atom stereocenters. The zero-order valence-corrected chi connectivity index (χ0v) is 22.3. The minimum atomic E-state index is -1.64. The summed E-state index contributed by atoms with van der Waals surface area (Å²) in [5, 5.41) is 18.7. The van der Waals surface area contributed by atoms with Crippen LogP contribution in [0, 0.1) is 22.9 Å². The Morgan fingerprint density at radius 1 is 1.16 bits per heavy atom. The van der Waals surface area contributed by atoms with Crippen molar-refractivity contribution in [2.24, 2.45) is 5.41 Å². The van der Waals surface area contributed by atoms with E-state index in [9.17, 15) is 19.1 Å². The number of aliphatic hydroxyl groups is 1. The number of carbonyl (C=O) groups excluding carboxylic acids is 2. The van der Waals surface area contributed by atoms with E-state index >= 15 is 8.78 Å². The molecule has 0 unspecified atom stereocenters. The molecule has 204 valence electrons. The molecular weight excluding hydrogens is 519 g/mol. The lowest BCUT2D eigenvalue weighted by Gasteiger charge is -2.42. The zero-order valence-electron chi connectivity index (χ0n) is 21.6. The number of anilines is 1. The first kappa shape index (κ1) is 27.0. The Hall–Kier alpha value is -2.62. The summed E-state index contributed by atoms with van der Waals surface area (Å²) in [6, 6.07) is 4.30. The van der Waals surface area contributed by atoms with E-state index in [2.05, 4.69) is 16.0 Å². The van der Waals surface area contributed by atoms with Gasteiger partial charge in [-0.05, 0) is 54.9 Å². The molecule has 2 amide bonds. The van der Waals surface area contributed by atoms with Crippen molar-refractivity contribution < 1.29 is 27.9 Å². The van der Waals surface area contributed by atoms with Crippen molar-refractivity contribution in [3.63, 3.8) is 0 Å². The first-order valence-electron chi connectivity index (χ1n) is 12.7. The van der Waals surface area contributed by atoms with Gasteiger partial charge in [0.2, 0.25) is 11.8 Å². The van der Waals surface area contributed by atoms with Crippen molar-refractivity contribution >= 4 is 29.1 Å². The number of rotatable bonds is 4. The van der Waals surface area contributed by atoms with Gasteiger partial charge in [0.15, 0.2) is 17.5 Å². The summed E-state index contributed by atoms with van der Waals surface area (Å²) in [7, 11) is 0. The number of hydrogen-bond donors (Lipinski definition) is 4. The van der Waals surface area contributed by atoms with Gasteiger partial charge in [-0.2, -0.15) is 0 Å². The average Bonchev–Trinajstić information content (AvgIpc) is 3.27. The van der Waals surface area contributed by atoms with E-state index in [4.69, 9.17) is 11.6 Å². The van der Waals surface area contributed by atoms with E-state index in [0.717, 1.165) is 6.07 Å². The Bertz CT molecular complexity index is 1320. The lowest BCUT2D eigenvalue weighted by Crippen LogP contribution is -2.57. The highest BCUT2D eigenvalue weighted by Gasteiger charge is 2.66. The fourth-order valence-electron chi connectivity index (χ4n) is 6.58. The normalized spacial score (nSPS) is 32.2. The first-order chi connectivity index (χ1) is 17.7. The second-order valence-corrected chi connectivity index (χ2v) is 12.7. The van der Waals surface area contributed by atoms with Gasteiger partial charge in [-0.1, -0.05) is 50.6 Å². The van der Waals surface area contributed by atoms with E-state index in [1.165, 1.54) is 24.3 Å². The number of halogens is 4. The van der Waals surface area contributed by atoms with E-state index in [1.54, 1.807) is 6.92 Å². The van der Waals surface area contributed by atoms with Crippen LogP contribution in [-0.4, -0.2) is 40.6 Å². The van der Waals surface area contributed by atoms with Crippen LogP contribution >= 0.6 is 11.6 Å². The molecule has 10 heteroatoms. The minimum Gasteiger partial charge on any atom is -0.390 e. The monoisotopic (exact) mass is 549 g/mol. The molecule has 0 radical (unpaired) electrons. The van der Waals surface area contributed by atoms with Gasteiger partial charge >= 0.3 is 0 Å². The Labute approximate surface area is 224 Å². The Kier molecular flexibility index (Phi) is 6.36. The molecule has 1 saturated heterocycles. The smallest absolute Gasteiger partial charge is 0.238 e. The summed E-state index contributed by atoms with van der Waals surface area (Å²) in [6.07, 6.45) is 1.04. The second kappa shape index (κ2) is 8.96. The molecule has 1 spiro atoms. The fourth-order valence-corrected chi connectivity index (χ4v) is 6.73. The van der Waals surface area contributed by atoms with Crippen molar-refractivity contribution in [3.8, 4) is 0 Å². The largest absolute Gasteiger partial charge is 0.390 e. The van der Waals surface area contributed by atoms with E-state index < -0.39 is 58.3 Å². The Morgan fingerprint density at radius 3 is 2.47 bits per heavy atom. The SMILES string of the molecule is CC(C)(C)C[C@@H]1N[C@@H](C(=O)NC2CC(C)(O)C2)[C@H](c2cccc(F)c2F)[C@]12C(=O)Nc1c2ccc(Cl)c1F. The van der Waals surface area contributed by atoms with Gasteiger partial charge < -0.3 is 21.1 Å². The summed E-state index contributed by atoms with van der Waals surface area (Å²) in [6.45, 7) is 7.54. The van der Waals surface area contributed by atoms with Gasteiger partial charge in [0.05, 0.1) is 22.4 Å². The molecule has 5 rings (SSSR count). The molecule has 1 saturated carbocycles. The predicted molar refractivity (Wildman–Crippen MR) is 137 cm³/mol. The minimum absolute atomic E-state index is 0.124. The van der Waals surface area contributed by atoms with Crippen molar-refractivity contribution in [3.05, 3.63) is 63.9 Å². The van der Waals surface area contributed by atoms with Gasteiger partial charge in [-0.25, -0.2) is 13.2 Å². The molecule has 2 aliphatic heterocycles. The van der Waals surface area contributed by atoms with Crippen LogP contribution in [0.25, 0.3) is 0 Å². The maximum absolute atomic E-state index is 15.5. The molecule has 2 aromatic carbocycles. The predicted octanol–water partition coefficient (Wildman–Crippen LogP) is 4.54. The van der Waals surface area contributed by atoms with Gasteiger partial charge in [0, 0.05) is 18.0 Å². The lowest BCUT2D eigenvalue weighted by molar-refractivity contribution is -0.127. The number of nitrogens with one attached hydrogen (secondary N) is 3. The average molecular weight is 550 g/mol. The zero-order chi connectivity index (χ0) is 27.8. The van der Waals surface area contributed by atoms with Crippen LogP contribution in [-0.2, 0) is 15.0 Å². The van der Waals surface area contributed by atoms with Gasteiger partial charge in [-0.15, -0.1) is 0 Å². The maximum atomic E-state index is 15.5. The van der Waals surface area contributed by atoms with Crippen molar-refractivity contribution in [1.29, 1.82) is 0 Å². The standard InChI is InChI=1S/C28H31ClF3N3O3/c1-26(2,3)12-18-28(15-8-9-16(29)21(32)22(15)35-25(28)37)19(14-6-5-7-17(30)20(14)31)23(34-18)24(36)33-13-10-27(4,38)11-13/h5-9,13,18-19,23,34,38H,10-12H2,1-4H3,(H,33,36)(H,35,37)/t13?,18-,19-,23+,27?,28+/m0/s1. The molecule has 4 N–H and O–H groups in total. The van der Waals surface area contributed by atoms with Gasteiger partial charge in [0.25, 0.3) is 0 Å². The molecule has 2 fully saturated rings. The summed E-state index contributed by atoms with van der Waals surface area (Å²) < 4.78 is 45.3. The third-order valence-corrected chi connectivity index (χ3v) is 8.34. The Morgan fingerprint density at radius 2 is 1.84 bits per heavy atom. The number of carbonyl (C=O) groups is 2. The van der Waals surface area contributed by atoms with Crippen LogP contribution in [0.4, 0.5) is 18.9 Å². The van der Waals surface area contributed by atoms with Gasteiger partial charge in [0.1, 0.15) is 5.41 Å². The number of hydrogen-bond acceptors (Lipinski definition) is 4. The second-order valence-electron chi connectivity index (χ2n) is 12.3. The van der Waals surface area contributed by atoms with E-state index in [1.807, 2.05) is 20.8 Å². The van der Waals surface area contributed by atoms with Gasteiger partial charge in [-0.3, -0.25) is 9.59 Å². The van der Waals surface area contributed by atoms with Crippen molar-refractivity contribution in [1.82, 2.24) is 10.6 Å². The first-order valence-corrected chi connectivity index (χ1v) is 13.1. The molecule has 3 aliphatic rings. The van der Waals surface area contributed by atoms with Crippen LogP contribution in [0.2, 0.25) is 5.02 Å². The molecule has 2 aromatic rings.